The van der Waals surface area contributed by atoms with Gasteiger partial charge in [-0.05, 0) is 51.3 Å². The van der Waals surface area contributed by atoms with Crippen LogP contribution >= 0.6 is 24.0 Å². The van der Waals surface area contributed by atoms with Crippen molar-refractivity contribution >= 4 is 29.9 Å². The molecule has 0 bridgehead atoms. The molecule has 1 atom stereocenters. The summed E-state index contributed by atoms with van der Waals surface area (Å²) in [5.41, 5.74) is 1.65. The molecule has 1 aromatic heterocycles. The van der Waals surface area contributed by atoms with Gasteiger partial charge in [-0.1, -0.05) is 43.7 Å². The van der Waals surface area contributed by atoms with E-state index < -0.39 is 0 Å². The highest BCUT2D eigenvalue weighted by atomic mass is 127. The first-order valence-corrected chi connectivity index (χ1v) is 11.8. The Hall–Kier alpha value is -1.68. The van der Waals surface area contributed by atoms with Gasteiger partial charge in [0.25, 0.3) is 0 Å². The van der Waals surface area contributed by atoms with E-state index in [1.165, 1.54) is 44.2 Å². The van der Waals surface area contributed by atoms with Crippen LogP contribution in [0.2, 0.25) is 0 Å². The summed E-state index contributed by atoms with van der Waals surface area (Å²) in [5.74, 6) is 2.68. The number of aryl methyl sites for hydroxylation is 1. The van der Waals surface area contributed by atoms with Crippen molar-refractivity contribution in [3.63, 3.8) is 0 Å². The van der Waals surface area contributed by atoms with Gasteiger partial charge in [0.15, 0.2) is 11.8 Å². The van der Waals surface area contributed by atoms with Gasteiger partial charge in [-0.3, -0.25) is 4.90 Å². The average Bonchev–Trinajstić information content (AvgIpc) is 3.36. The van der Waals surface area contributed by atoms with E-state index in [2.05, 4.69) is 63.0 Å². The second kappa shape index (κ2) is 11.4. The minimum absolute atomic E-state index is 0. The number of hydrogen-bond acceptors (Lipinski definition) is 4. The second-order valence-electron chi connectivity index (χ2n) is 9.05. The average molecular weight is 552 g/mol. The highest BCUT2D eigenvalue weighted by molar-refractivity contribution is 14.0. The Morgan fingerprint density at radius 2 is 1.94 bits per heavy atom. The zero-order valence-corrected chi connectivity index (χ0v) is 22.0. The molecule has 2 fully saturated rings. The van der Waals surface area contributed by atoms with Gasteiger partial charge in [-0.2, -0.15) is 0 Å². The molecule has 0 spiro atoms. The quantitative estimate of drug-likeness (QED) is 0.299. The summed E-state index contributed by atoms with van der Waals surface area (Å²) < 4.78 is 2.01. The fourth-order valence-electron chi connectivity index (χ4n) is 4.89. The first kappa shape index (κ1) is 25.0. The zero-order valence-electron chi connectivity index (χ0n) is 19.7. The minimum Gasteiger partial charge on any atom is -0.356 e. The summed E-state index contributed by atoms with van der Waals surface area (Å²) in [6.45, 7) is 8.89. The predicted octanol–water partition coefficient (Wildman–Crippen LogP) is 3.38. The Morgan fingerprint density at radius 3 is 2.56 bits per heavy atom. The molecular formula is C24H38IN7. The molecule has 0 radical (unpaired) electrons. The number of guanidine groups is 1. The van der Waals surface area contributed by atoms with Crippen LogP contribution in [-0.4, -0.2) is 57.8 Å². The van der Waals surface area contributed by atoms with E-state index in [1.54, 1.807) is 0 Å². The van der Waals surface area contributed by atoms with Gasteiger partial charge in [0, 0.05) is 31.6 Å². The number of rotatable bonds is 8. The molecule has 2 aliphatic rings. The van der Waals surface area contributed by atoms with Gasteiger partial charge < -0.3 is 15.2 Å². The van der Waals surface area contributed by atoms with E-state index in [0.717, 1.165) is 37.2 Å². The maximum absolute atomic E-state index is 4.89. The third kappa shape index (κ3) is 5.62. The van der Waals surface area contributed by atoms with E-state index >= 15 is 0 Å². The van der Waals surface area contributed by atoms with E-state index in [-0.39, 0.29) is 29.4 Å². The Labute approximate surface area is 209 Å². The number of nitrogens with zero attached hydrogens (tertiary/aromatic N) is 5. The van der Waals surface area contributed by atoms with Crippen molar-refractivity contribution in [1.29, 1.82) is 0 Å². The van der Waals surface area contributed by atoms with Gasteiger partial charge in [-0.15, -0.1) is 34.2 Å². The summed E-state index contributed by atoms with van der Waals surface area (Å²) in [6.07, 6.45) is 6.29. The Balaban J connectivity index is 0.00000289. The van der Waals surface area contributed by atoms with Gasteiger partial charge >= 0.3 is 0 Å². The summed E-state index contributed by atoms with van der Waals surface area (Å²) >= 11 is 0. The lowest BCUT2D eigenvalue weighted by Crippen LogP contribution is -2.50. The topological polar surface area (TPSA) is 70.4 Å². The van der Waals surface area contributed by atoms with Gasteiger partial charge in [0.1, 0.15) is 12.4 Å². The molecule has 2 aromatic rings. The van der Waals surface area contributed by atoms with Crippen molar-refractivity contribution in [2.24, 2.45) is 12.0 Å². The molecule has 4 rings (SSSR count). The Bertz CT molecular complexity index is 876. The van der Waals surface area contributed by atoms with Crippen molar-refractivity contribution in [3.8, 4) is 0 Å². The van der Waals surface area contributed by atoms with Crippen LogP contribution in [0.4, 0.5) is 0 Å². The standard InChI is InChI=1S/C24H37N7.HI/c1-4-31-15-8-12-21(31)16-25-23(26-17-22-29-28-19(2)30(22)3)27-18-24(13-9-14-24)20-10-6-5-7-11-20;/h5-7,10-11,21H,4,8-9,12-18H2,1-3H3,(H2,25,26,27);1H. The number of aromatic nitrogens is 3. The first-order chi connectivity index (χ1) is 15.1. The van der Waals surface area contributed by atoms with E-state index in [0.29, 0.717) is 12.6 Å². The normalized spacial score (nSPS) is 20.5. The van der Waals surface area contributed by atoms with Crippen molar-refractivity contribution in [3.05, 3.63) is 47.5 Å². The third-order valence-electron chi connectivity index (χ3n) is 7.26. The fourth-order valence-corrected chi connectivity index (χ4v) is 4.89. The lowest BCUT2D eigenvalue weighted by Gasteiger charge is -2.43. The molecule has 176 valence electrons. The van der Waals surface area contributed by atoms with Crippen molar-refractivity contribution in [2.45, 2.75) is 64.0 Å². The van der Waals surface area contributed by atoms with Gasteiger partial charge in [0.2, 0.25) is 0 Å². The van der Waals surface area contributed by atoms with Crippen LogP contribution in [-0.2, 0) is 19.0 Å². The number of hydrogen-bond donors (Lipinski definition) is 2. The molecule has 2 heterocycles. The number of benzene rings is 1. The lowest BCUT2D eigenvalue weighted by atomic mass is 9.64. The number of nitrogens with one attached hydrogen (secondary N) is 2. The summed E-state index contributed by atoms with van der Waals surface area (Å²) in [4.78, 5) is 7.45. The van der Waals surface area contributed by atoms with Crippen molar-refractivity contribution in [1.82, 2.24) is 30.3 Å². The number of aliphatic imine (C=N–C) groups is 1. The molecule has 1 saturated carbocycles. The maximum atomic E-state index is 4.89. The predicted molar refractivity (Wildman–Crippen MR) is 141 cm³/mol. The van der Waals surface area contributed by atoms with Gasteiger partial charge in [0.05, 0.1) is 0 Å². The monoisotopic (exact) mass is 551 g/mol. The Kier molecular flexibility index (Phi) is 8.93. The largest absolute Gasteiger partial charge is 0.356 e. The first-order valence-electron chi connectivity index (χ1n) is 11.8. The van der Waals surface area contributed by atoms with Crippen LogP contribution < -0.4 is 10.6 Å². The SMILES string of the molecule is CCN1CCCC1CNC(=NCc1nnc(C)n1C)NCC1(c2ccccc2)CCC1.I. The van der Waals surface area contributed by atoms with Crippen molar-refractivity contribution in [2.75, 3.05) is 26.2 Å². The maximum Gasteiger partial charge on any atom is 0.191 e. The fraction of sp³-hybridized carbons (Fsp3) is 0.625. The smallest absolute Gasteiger partial charge is 0.191 e. The molecule has 8 heteroatoms. The molecule has 0 amide bonds. The molecular weight excluding hydrogens is 513 g/mol. The summed E-state index contributed by atoms with van der Waals surface area (Å²) in [5, 5.41) is 15.8. The third-order valence-corrected chi connectivity index (χ3v) is 7.26. The highest BCUT2D eigenvalue weighted by Crippen LogP contribution is 2.43. The van der Waals surface area contributed by atoms with Crippen LogP contribution in [0.5, 0.6) is 0 Å². The van der Waals surface area contributed by atoms with Crippen LogP contribution in [0.3, 0.4) is 0 Å². The summed E-state index contributed by atoms with van der Waals surface area (Å²) in [6, 6.07) is 11.5. The van der Waals surface area contributed by atoms with Crippen LogP contribution in [0.15, 0.2) is 35.3 Å². The molecule has 1 aliphatic heterocycles. The second-order valence-corrected chi connectivity index (χ2v) is 9.05. The van der Waals surface area contributed by atoms with E-state index in [1.807, 2.05) is 18.5 Å². The molecule has 1 unspecified atom stereocenters. The van der Waals surface area contributed by atoms with E-state index in [9.17, 15) is 0 Å². The zero-order chi connectivity index (χ0) is 21.7. The summed E-state index contributed by atoms with van der Waals surface area (Å²) in [7, 11) is 2.00. The molecule has 1 aliphatic carbocycles. The molecule has 7 nitrogen and oxygen atoms in total. The number of likely N-dealkylation sites (N-methyl/N-ethyl adjacent to an activating group) is 1. The Morgan fingerprint density at radius 1 is 1.16 bits per heavy atom. The van der Waals surface area contributed by atoms with Gasteiger partial charge in [-0.25, -0.2) is 4.99 Å². The van der Waals surface area contributed by atoms with Crippen LogP contribution in [0.25, 0.3) is 0 Å². The molecule has 32 heavy (non-hydrogen) atoms. The molecule has 1 aromatic carbocycles. The lowest BCUT2D eigenvalue weighted by molar-refractivity contribution is 0.242. The molecule has 2 N–H and O–H groups in total. The van der Waals surface area contributed by atoms with E-state index in [4.69, 9.17) is 4.99 Å². The number of halogens is 1. The number of likely N-dealkylation sites (tertiary alicyclic amines) is 1. The highest BCUT2D eigenvalue weighted by Gasteiger charge is 2.38. The minimum atomic E-state index is 0. The van der Waals surface area contributed by atoms with Crippen LogP contribution in [0.1, 0.15) is 56.2 Å². The molecule has 1 saturated heterocycles. The van der Waals surface area contributed by atoms with Crippen molar-refractivity contribution < 1.29 is 0 Å². The van der Waals surface area contributed by atoms with Crippen LogP contribution in [0, 0.1) is 6.92 Å².